The molecular weight excluding hydrogens is 458 g/mol. The minimum atomic E-state index is -0.306. The van der Waals surface area contributed by atoms with Gasteiger partial charge in [0.05, 0.1) is 12.1 Å². The van der Waals surface area contributed by atoms with Crippen LogP contribution in [0.4, 0.5) is 10.8 Å². The summed E-state index contributed by atoms with van der Waals surface area (Å²) in [6.45, 7) is 2.10. The Kier molecular flexibility index (Phi) is 5.50. The van der Waals surface area contributed by atoms with Crippen LogP contribution in [0.15, 0.2) is 46.3 Å². The lowest BCUT2D eigenvalue weighted by Crippen LogP contribution is -2.15. The highest BCUT2D eigenvalue weighted by Crippen LogP contribution is 2.32. The number of anilines is 2. The third-order valence-corrected chi connectivity index (χ3v) is 5.89. The van der Waals surface area contributed by atoms with Crippen LogP contribution >= 0.6 is 27.3 Å². The number of hydrogen-bond donors (Lipinski definition) is 2. The van der Waals surface area contributed by atoms with Crippen molar-refractivity contribution >= 4 is 49.9 Å². The molecule has 0 saturated carbocycles. The summed E-state index contributed by atoms with van der Waals surface area (Å²) in [7, 11) is 0. The van der Waals surface area contributed by atoms with Gasteiger partial charge in [-0.25, -0.2) is 4.98 Å². The average Bonchev–Trinajstić information content (AvgIpc) is 3.33. The Bertz CT molecular complexity index is 1100. The summed E-state index contributed by atoms with van der Waals surface area (Å²) in [5.41, 5.74) is 2.78. The molecule has 2 heterocycles. The first kappa shape index (κ1) is 19.4. The molecule has 1 aliphatic heterocycles. The van der Waals surface area contributed by atoms with E-state index in [9.17, 15) is 9.59 Å². The van der Waals surface area contributed by atoms with Crippen molar-refractivity contribution in [2.45, 2.75) is 13.3 Å². The number of benzene rings is 2. The van der Waals surface area contributed by atoms with Gasteiger partial charge in [0.25, 0.3) is 5.91 Å². The quantitative estimate of drug-likeness (QED) is 0.573. The number of carbonyl (C=O) groups excluding carboxylic acids is 2. The summed E-state index contributed by atoms with van der Waals surface area (Å²) in [6.07, 6.45) is 0.117. The summed E-state index contributed by atoms with van der Waals surface area (Å²) >= 11 is 4.70. The van der Waals surface area contributed by atoms with Gasteiger partial charge in [0, 0.05) is 21.1 Å². The van der Waals surface area contributed by atoms with Crippen molar-refractivity contribution in [1.82, 2.24) is 4.98 Å². The average molecular weight is 474 g/mol. The Labute approximate surface area is 179 Å². The van der Waals surface area contributed by atoms with Gasteiger partial charge in [0.2, 0.25) is 12.7 Å². The van der Waals surface area contributed by atoms with Crippen molar-refractivity contribution in [2.75, 3.05) is 17.4 Å². The Morgan fingerprint density at radius 3 is 2.79 bits per heavy atom. The lowest BCUT2D eigenvalue weighted by Gasteiger charge is -2.06. The number of aromatic nitrogens is 1. The summed E-state index contributed by atoms with van der Waals surface area (Å²) in [4.78, 5) is 29.0. The number of halogens is 1. The van der Waals surface area contributed by atoms with E-state index in [1.807, 2.05) is 25.1 Å². The van der Waals surface area contributed by atoms with E-state index in [1.165, 1.54) is 11.3 Å². The maximum absolute atomic E-state index is 12.4. The number of hydrogen-bond acceptors (Lipinski definition) is 6. The SMILES string of the molecule is Cc1cc(NC(=O)Cc2csc(NC(=O)c3ccc4c(c3)OCO4)n2)ccc1Br. The van der Waals surface area contributed by atoms with Crippen LogP contribution in [0.1, 0.15) is 21.6 Å². The molecule has 7 nitrogen and oxygen atoms in total. The summed E-state index contributed by atoms with van der Waals surface area (Å²) in [5.74, 6) is 0.673. The third-order valence-electron chi connectivity index (χ3n) is 4.19. The summed E-state index contributed by atoms with van der Waals surface area (Å²) in [5, 5.41) is 7.77. The smallest absolute Gasteiger partial charge is 0.257 e. The number of carbonyl (C=O) groups is 2. The molecule has 1 aliphatic rings. The highest BCUT2D eigenvalue weighted by Gasteiger charge is 2.17. The Morgan fingerprint density at radius 2 is 1.97 bits per heavy atom. The molecule has 0 bridgehead atoms. The number of rotatable bonds is 5. The number of ether oxygens (including phenoxy) is 2. The highest BCUT2D eigenvalue weighted by molar-refractivity contribution is 9.10. The van der Waals surface area contributed by atoms with Gasteiger partial charge >= 0.3 is 0 Å². The van der Waals surface area contributed by atoms with E-state index >= 15 is 0 Å². The predicted molar refractivity (Wildman–Crippen MR) is 114 cm³/mol. The van der Waals surface area contributed by atoms with E-state index in [0.717, 1.165) is 15.7 Å². The number of aryl methyl sites for hydroxylation is 1. The van der Waals surface area contributed by atoms with E-state index in [2.05, 4.69) is 31.5 Å². The highest BCUT2D eigenvalue weighted by atomic mass is 79.9. The minimum absolute atomic E-state index is 0.117. The maximum atomic E-state index is 12.4. The second-order valence-corrected chi connectivity index (χ2v) is 8.07. The van der Waals surface area contributed by atoms with Crippen LogP contribution in [-0.4, -0.2) is 23.6 Å². The van der Waals surface area contributed by atoms with Gasteiger partial charge in [0.1, 0.15) is 0 Å². The number of nitrogens with zero attached hydrogens (tertiary/aromatic N) is 1. The molecule has 3 aromatic rings. The van der Waals surface area contributed by atoms with E-state index in [-0.39, 0.29) is 25.0 Å². The number of amides is 2. The molecule has 29 heavy (non-hydrogen) atoms. The van der Waals surface area contributed by atoms with Gasteiger partial charge in [-0.1, -0.05) is 15.9 Å². The molecule has 0 fully saturated rings. The zero-order valence-electron chi connectivity index (χ0n) is 15.3. The first-order valence-electron chi connectivity index (χ1n) is 8.69. The lowest BCUT2D eigenvalue weighted by molar-refractivity contribution is -0.115. The molecular formula is C20H16BrN3O4S. The van der Waals surface area contributed by atoms with Crippen molar-refractivity contribution in [3.05, 3.63) is 63.1 Å². The van der Waals surface area contributed by atoms with Crippen molar-refractivity contribution in [3.63, 3.8) is 0 Å². The first-order valence-corrected chi connectivity index (χ1v) is 10.4. The molecule has 0 radical (unpaired) electrons. The Morgan fingerprint density at radius 1 is 1.14 bits per heavy atom. The normalized spacial score (nSPS) is 11.9. The molecule has 2 aromatic carbocycles. The molecule has 2 amide bonds. The van der Waals surface area contributed by atoms with Gasteiger partial charge < -0.3 is 14.8 Å². The fourth-order valence-corrected chi connectivity index (χ4v) is 3.70. The minimum Gasteiger partial charge on any atom is -0.454 e. The van der Waals surface area contributed by atoms with Crippen LogP contribution in [0.2, 0.25) is 0 Å². The zero-order valence-corrected chi connectivity index (χ0v) is 17.7. The maximum Gasteiger partial charge on any atom is 0.257 e. The van der Waals surface area contributed by atoms with Crippen LogP contribution in [0.5, 0.6) is 11.5 Å². The van der Waals surface area contributed by atoms with Gasteiger partial charge in [-0.05, 0) is 48.9 Å². The molecule has 0 unspecified atom stereocenters. The van der Waals surface area contributed by atoms with E-state index in [1.54, 1.807) is 23.6 Å². The van der Waals surface area contributed by atoms with Gasteiger partial charge in [-0.2, -0.15) is 0 Å². The van der Waals surface area contributed by atoms with Crippen LogP contribution in [0, 0.1) is 6.92 Å². The van der Waals surface area contributed by atoms with Crippen LogP contribution in [0.25, 0.3) is 0 Å². The van der Waals surface area contributed by atoms with Crippen molar-refractivity contribution in [3.8, 4) is 11.5 Å². The first-order chi connectivity index (χ1) is 14.0. The molecule has 0 atom stereocenters. The zero-order chi connectivity index (χ0) is 20.4. The van der Waals surface area contributed by atoms with Crippen molar-refractivity contribution in [2.24, 2.45) is 0 Å². The second-order valence-electron chi connectivity index (χ2n) is 6.36. The second kappa shape index (κ2) is 8.22. The number of nitrogens with one attached hydrogen (secondary N) is 2. The fraction of sp³-hybridized carbons (Fsp3) is 0.150. The molecule has 0 aliphatic carbocycles. The lowest BCUT2D eigenvalue weighted by atomic mass is 10.2. The molecule has 148 valence electrons. The van der Waals surface area contributed by atoms with Crippen LogP contribution in [-0.2, 0) is 11.2 Å². The largest absolute Gasteiger partial charge is 0.454 e. The van der Waals surface area contributed by atoms with Gasteiger partial charge in [0.15, 0.2) is 16.6 Å². The van der Waals surface area contributed by atoms with E-state index < -0.39 is 0 Å². The van der Waals surface area contributed by atoms with Gasteiger partial charge in [-0.3, -0.25) is 14.9 Å². The van der Waals surface area contributed by atoms with Crippen LogP contribution < -0.4 is 20.1 Å². The standard InChI is InChI=1S/C20H16BrN3O4S/c1-11-6-13(3-4-15(11)21)22-18(25)8-14-9-29-20(23-14)24-19(26)12-2-5-16-17(7-12)28-10-27-16/h2-7,9H,8,10H2,1H3,(H,22,25)(H,23,24,26). The Hall–Kier alpha value is -2.91. The molecule has 4 rings (SSSR count). The monoisotopic (exact) mass is 473 g/mol. The molecule has 1 aromatic heterocycles. The predicted octanol–water partition coefficient (Wildman–Crippen LogP) is 4.38. The number of thiazole rings is 1. The molecule has 0 spiro atoms. The van der Waals surface area contributed by atoms with Crippen LogP contribution in [0.3, 0.4) is 0 Å². The number of fused-ring (bicyclic) bond motifs is 1. The van der Waals surface area contributed by atoms with E-state index in [4.69, 9.17) is 9.47 Å². The van der Waals surface area contributed by atoms with Crippen molar-refractivity contribution in [1.29, 1.82) is 0 Å². The van der Waals surface area contributed by atoms with Gasteiger partial charge in [-0.15, -0.1) is 11.3 Å². The Balaban J connectivity index is 1.36. The molecule has 2 N–H and O–H groups in total. The topological polar surface area (TPSA) is 89.6 Å². The summed E-state index contributed by atoms with van der Waals surface area (Å²) < 4.78 is 11.5. The molecule has 9 heteroatoms. The summed E-state index contributed by atoms with van der Waals surface area (Å²) in [6, 6.07) is 10.6. The fourth-order valence-electron chi connectivity index (χ4n) is 2.74. The molecule has 0 saturated heterocycles. The van der Waals surface area contributed by atoms with Crippen molar-refractivity contribution < 1.29 is 19.1 Å². The third kappa shape index (κ3) is 4.57. The van der Waals surface area contributed by atoms with E-state index in [0.29, 0.717) is 27.9 Å².